The highest BCUT2D eigenvalue weighted by molar-refractivity contribution is 5.71. The molecule has 2 saturated carbocycles. The molecule has 2 aliphatic carbocycles. The molecule has 8 heteroatoms. The first-order chi connectivity index (χ1) is 20.8. The number of hydrogen-bond acceptors (Lipinski definition) is 8. The fourth-order valence-corrected chi connectivity index (χ4v) is 6.58. The highest BCUT2D eigenvalue weighted by Crippen LogP contribution is 2.38. The summed E-state index contributed by atoms with van der Waals surface area (Å²) in [6.07, 6.45) is 12.0. The summed E-state index contributed by atoms with van der Waals surface area (Å²) in [6.45, 7) is 9.33. The summed E-state index contributed by atoms with van der Waals surface area (Å²) in [4.78, 5) is 22.4. The summed E-state index contributed by atoms with van der Waals surface area (Å²) in [5.74, 6) is -0.379. The zero-order chi connectivity index (χ0) is 32.3. The standard InChI is InChI=1S/2C18H28N2O2.CH4/c2*1-18(2)10-4-5-14(12-18)20-16-8-6-13(11-15(16)19)7-9-17(21)22-3;/h2*6,8,11,14,20H,4-5,7,9-10,12,19H2,1-3H3;1H4/t2*14-;/m10./s1. The van der Waals surface area contributed by atoms with E-state index in [0.717, 1.165) is 33.9 Å². The Bertz CT molecular complexity index is 1150. The third-order valence-corrected chi connectivity index (χ3v) is 9.05. The smallest absolute Gasteiger partial charge is 0.305 e. The van der Waals surface area contributed by atoms with E-state index in [1.807, 2.05) is 36.4 Å². The van der Waals surface area contributed by atoms with Crippen LogP contribution in [0.25, 0.3) is 0 Å². The van der Waals surface area contributed by atoms with Gasteiger partial charge in [-0.2, -0.15) is 0 Å². The number of anilines is 4. The maximum Gasteiger partial charge on any atom is 0.305 e. The number of ether oxygens (including phenoxy) is 2. The van der Waals surface area contributed by atoms with Crippen LogP contribution in [0.1, 0.15) is 110 Å². The number of rotatable bonds is 10. The lowest BCUT2D eigenvalue weighted by atomic mass is 9.75. The van der Waals surface area contributed by atoms with Crippen molar-refractivity contribution < 1.29 is 19.1 Å². The van der Waals surface area contributed by atoms with E-state index in [9.17, 15) is 9.59 Å². The molecule has 0 aliphatic heterocycles. The van der Waals surface area contributed by atoms with Gasteiger partial charge in [0.1, 0.15) is 0 Å². The summed E-state index contributed by atoms with van der Waals surface area (Å²) < 4.78 is 9.33. The van der Waals surface area contributed by atoms with Crippen LogP contribution in [-0.2, 0) is 31.9 Å². The zero-order valence-corrected chi connectivity index (χ0v) is 27.9. The van der Waals surface area contributed by atoms with E-state index in [0.29, 0.717) is 48.6 Å². The summed E-state index contributed by atoms with van der Waals surface area (Å²) in [6, 6.07) is 13.0. The Balaban J connectivity index is 0.000000307. The van der Waals surface area contributed by atoms with E-state index >= 15 is 0 Å². The number of methoxy groups -OCH3 is 2. The first kappa shape index (κ1) is 37.8. The minimum absolute atomic E-state index is 0. The number of nitrogens with one attached hydrogen (secondary N) is 2. The summed E-state index contributed by atoms with van der Waals surface area (Å²) >= 11 is 0. The lowest BCUT2D eigenvalue weighted by molar-refractivity contribution is -0.141. The van der Waals surface area contributed by atoms with Gasteiger partial charge < -0.3 is 31.6 Å². The van der Waals surface area contributed by atoms with Gasteiger partial charge in [0.2, 0.25) is 0 Å². The molecule has 2 fully saturated rings. The molecule has 45 heavy (non-hydrogen) atoms. The number of esters is 2. The van der Waals surface area contributed by atoms with Gasteiger partial charge in [0.05, 0.1) is 37.0 Å². The van der Waals surface area contributed by atoms with Gasteiger partial charge in [0.25, 0.3) is 0 Å². The predicted octanol–water partition coefficient (Wildman–Crippen LogP) is 8.15. The Labute approximate surface area is 272 Å². The average Bonchev–Trinajstić information content (AvgIpc) is 2.96. The molecule has 0 unspecified atom stereocenters. The first-order valence-electron chi connectivity index (χ1n) is 16.2. The predicted molar refractivity (Wildman–Crippen MR) is 188 cm³/mol. The molecule has 0 saturated heterocycles. The molecule has 6 N–H and O–H groups in total. The molecule has 0 amide bonds. The monoisotopic (exact) mass is 624 g/mol. The second kappa shape index (κ2) is 17.3. The van der Waals surface area contributed by atoms with Gasteiger partial charge in [0.15, 0.2) is 0 Å². The van der Waals surface area contributed by atoms with Crippen LogP contribution in [-0.4, -0.2) is 38.2 Å². The van der Waals surface area contributed by atoms with Crippen LogP contribution in [0.4, 0.5) is 22.7 Å². The lowest BCUT2D eigenvalue weighted by Crippen LogP contribution is -2.32. The van der Waals surface area contributed by atoms with Crippen LogP contribution in [0.15, 0.2) is 36.4 Å². The van der Waals surface area contributed by atoms with Gasteiger partial charge >= 0.3 is 11.9 Å². The molecular formula is C37H60N4O4. The van der Waals surface area contributed by atoms with E-state index in [2.05, 4.69) is 47.8 Å². The van der Waals surface area contributed by atoms with E-state index in [1.165, 1.54) is 65.6 Å². The fraction of sp³-hybridized carbons (Fsp3) is 0.622. The van der Waals surface area contributed by atoms with Crippen molar-refractivity contribution in [2.75, 3.05) is 36.3 Å². The molecule has 2 aromatic rings. The quantitative estimate of drug-likeness (QED) is 0.154. The largest absolute Gasteiger partial charge is 0.469 e. The van der Waals surface area contributed by atoms with Crippen LogP contribution in [0.2, 0.25) is 0 Å². The molecule has 0 spiro atoms. The van der Waals surface area contributed by atoms with Crippen LogP contribution >= 0.6 is 0 Å². The Morgan fingerprint density at radius 3 is 1.42 bits per heavy atom. The Morgan fingerprint density at radius 1 is 0.733 bits per heavy atom. The highest BCUT2D eigenvalue weighted by atomic mass is 16.5. The molecule has 0 bridgehead atoms. The molecule has 0 radical (unpaired) electrons. The molecule has 2 aliphatic rings. The van der Waals surface area contributed by atoms with Crippen LogP contribution in [0.3, 0.4) is 0 Å². The van der Waals surface area contributed by atoms with Gasteiger partial charge in [-0.1, -0.05) is 60.1 Å². The highest BCUT2D eigenvalue weighted by Gasteiger charge is 2.29. The van der Waals surface area contributed by atoms with Crippen molar-refractivity contribution >= 4 is 34.7 Å². The number of benzene rings is 2. The third-order valence-electron chi connectivity index (χ3n) is 9.05. The van der Waals surface area contributed by atoms with Gasteiger partial charge in [-0.3, -0.25) is 9.59 Å². The number of nitrogens with two attached hydrogens (primary N) is 2. The first-order valence-corrected chi connectivity index (χ1v) is 16.2. The minimum atomic E-state index is -0.190. The number of nitrogen functional groups attached to an aromatic ring is 2. The molecule has 4 rings (SSSR count). The molecule has 2 aromatic carbocycles. The molecule has 8 nitrogen and oxygen atoms in total. The number of hydrogen-bond donors (Lipinski definition) is 4. The topological polar surface area (TPSA) is 129 Å². The molecule has 0 heterocycles. The van der Waals surface area contributed by atoms with Crippen molar-refractivity contribution in [3.63, 3.8) is 0 Å². The average molecular weight is 625 g/mol. The minimum Gasteiger partial charge on any atom is -0.469 e. The van der Waals surface area contributed by atoms with E-state index in [-0.39, 0.29) is 19.4 Å². The number of aryl methyl sites for hydroxylation is 2. The van der Waals surface area contributed by atoms with Crippen molar-refractivity contribution in [1.82, 2.24) is 0 Å². The van der Waals surface area contributed by atoms with E-state index < -0.39 is 0 Å². The number of carbonyl (C=O) groups is 2. The number of carbonyl (C=O) groups excluding carboxylic acids is 2. The maximum atomic E-state index is 11.2. The van der Waals surface area contributed by atoms with Crippen LogP contribution in [0, 0.1) is 10.8 Å². The molecular weight excluding hydrogens is 564 g/mol. The van der Waals surface area contributed by atoms with Gasteiger partial charge in [0, 0.05) is 24.9 Å². The normalized spacial score (nSPS) is 20.0. The molecule has 0 aromatic heterocycles. The second-order valence-corrected chi connectivity index (χ2v) is 14.2. The van der Waals surface area contributed by atoms with Gasteiger partial charge in [-0.05, 0) is 97.6 Å². The zero-order valence-electron chi connectivity index (χ0n) is 27.9. The summed E-state index contributed by atoms with van der Waals surface area (Å²) in [5.41, 5.74) is 18.8. The summed E-state index contributed by atoms with van der Waals surface area (Å²) in [5, 5.41) is 7.18. The van der Waals surface area contributed by atoms with Crippen molar-refractivity contribution in [2.45, 2.75) is 124 Å². The van der Waals surface area contributed by atoms with Crippen molar-refractivity contribution in [3.8, 4) is 0 Å². The third kappa shape index (κ3) is 12.8. The van der Waals surface area contributed by atoms with E-state index in [1.54, 1.807) is 0 Å². The lowest BCUT2D eigenvalue weighted by Gasteiger charge is -2.36. The second-order valence-electron chi connectivity index (χ2n) is 14.2. The fourth-order valence-electron chi connectivity index (χ4n) is 6.58. The Kier molecular flexibility index (Phi) is 14.5. The van der Waals surface area contributed by atoms with Crippen LogP contribution in [0.5, 0.6) is 0 Å². The SMILES string of the molecule is C.COC(=O)CCc1ccc(N[C@@H]2CCCC(C)(C)C2)c(N)c1.COC(=O)CCc1ccc(N[C@H]2CCCC(C)(C)C2)c(N)c1. The van der Waals surface area contributed by atoms with Gasteiger partial charge in [-0.25, -0.2) is 0 Å². The summed E-state index contributed by atoms with van der Waals surface area (Å²) in [7, 11) is 2.82. The van der Waals surface area contributed by atoms with Gasteiger partial charge in [-0.15, -0.1) is 0 Å². The van der Waals surface area contributed by atoms with Crippen molar-refractivity contribution in [1.29, 1.82) is 0 Å². The van der Waals surface area contributed by atoms with E-state index in [4.69, 9.17) is 11.5 Å². The maximum absolute atomic E-state index is 11.2. The van der Waals surface area contributed by atoms with Crippen LogP contribution < -0.4 is 22.1 Å². The Hall–Kier alpha value is -3.42. The molecule has 2 atom stereocenters. The Morgan fingerprint density at radius 2 is 1.11 bits per heavy atom. The van der Waals surface area contributed by atoms with Crippen molar-refractivity contribution in [2.24, 2.45) is 10.8 Å². The molecule has 252 valence electrons. The van der Waals surface area contributed by atoms with Crippen molar-refractivity contribution in [3.05, 3.63) is 47.5 Å².